The molecule has 1 aliphatic heterocycles. The monoisotopic (exact) mass is 520 g/mol. The molecular formula is C30H28F4N4. The van der Waals surface area contributed by atoms with Crippen molar-refractivity contribution in [2.75, 3.05) is 13.1 Å². The summed E-state index contributed by atoms with van der Waals surface area (Å²) in [5.74, 6) is -0.740. The topological polar surface area (TPSA) is 64.5 Å². The molecule has 1 spiro atoms. The summed E-state index contributed by atoms with van der Waals surface area (Å²) in [6, 6.07) is 19.3. The highest BCUT2D eigenvalue weighted by molar-refractivity contribution is 5.77. The molecule has 2 aliphatic rings. The van der Waals surface area contributed by atoms with Gasteiger partial charge in [0.05, 0.1) is 33.6 Å². The number of rotatable bonds is 3. The fraction of sp³-hybridized carbons (Fsp3) is 0.333. The Labute approximate surface area is 218 Å². The molecule has 2 heterocycles. The van der Waals surface area contributed by atoms with Crippen molar-refractivity contribution >= 4 is 11.0 Å². The van der Waals surface area contributed by atoms with E-state index in [0.29, 0.717) is 11.4 Å². The predicted octanol–water partition coefficient (Wildman–Crippen LogP) is 7.35. The van der Waals surface area contributed by atoms with Crippen LogP contribution in [-0.4, -0.2) is 23.1 Å². The van der Waals surface area contributed by atoms with Crippen LogP contribution >= 0.6 is 0 Å². The molecule has 3 aromatic carbocycles. The van der Waals surface area contributed by atoms with Crippen molar-refractivity contribution in [3.63, 3.8) is 0 Å². The zero-order chi connectivity index (χ0) is 27.1. The number of alkyl halides is 3. The SMILES string of the molecule is CC.N#Cc1cccc(-c2ccc(C3(c4nc5cc(F)c(C(F)(F)F)cc5[nH]4)CC34CCNCC4)cc2)c1. The smallest absolute Gasteiger partial charge is 0.341 e. The number of hydrogen-bond acceptors (Lipinski definition) is 3. The van der Waals surface area contributed by atoms with E-state index in [-0.39, 0.29) is 16.4 Å². The van der Waals surface area contributed by atoms with Gasteiger partial charge in [-0.25, -0.2) is 9.37 Å². The van der Waals surface area contributed by atoms with Crippen molar-refractivity contribution < 1.29 is 17.6 Å². The first-order chi connectivity index (χ1) is 18.3. The lowest BCUT2D eigenvalue weighted by atomic mass is 9.79. The summed E-state index contributed by atoms with van der Waals surface area (Å²) in [4.78, 5) is 7.78. The zero-order valence-corrected chi connectivity index (χ0v) is 21.2. The molecule has 2 N–H and O–H groups in total. The summed E-state index contributed by atoms with van der Waals surface area (Å²) >= 11 is 0. The van der Waals surface area contributed by atoms with Crippen LogP contribution in [0, 0.1) is 22.6 Å². The molecule has 0 radical (unpaired) electrons. The van der Waals surface area contributed by atoms with Crippen LogP contribution in [0.2, 0.25) is 0 Å². The highest BCUT2D eigenvalue weighted by Gasteiger charge is 2.69. The van der Waals surface area contributed by atoms with E-state index in [4.69, 9.17) is 0 Å². The van der Waals surface area contributed by atoms with E-state index in [1.807, 2.05) is 56.3 Å². The Morgan fingerprint density at radius 3 is 2.32 bits per heavy atom. The molecule has 0 bridgehead atoms. The van der Waals surface area contributed by atoms with Crippen LogP contribution in [0.3, 0.4) is 0 Å². The second kappa shape index (κ2) is 9.55. The number of aromatic amines is 1. The average molecular weight is 521 g/mol. The highest BCUT2D eigenvalue weighted by Crippen LogP contribution is 2.71. The van der Waals surface area contributed by atoms with E-state index in [9.17, 15) is 22.8 Å². The Morgan fingerprint density at radius 1 is 0.947 bits per heavy atom. The second-order valence-electron chi connectivity index (χ2n) is 9.81. The van der Waals surface area contributed by atoms with Gasteiger partial charge in [0, 0.05) is 6.07 Å². The van der Waals surface area contributed by atoms with Gasteiger partial charge in [-0.3, -0.25) is 0 Å². The number of fused-ring (bicyclic) bond motifs is 1. The van der Waals surface area contributed by atoms with Gasteiger partial charge < -0.3 is 10.3 Å². The first-order valence-corrected chi connectivity index (χ1v) is 12.8. The maximum Gasteiger partial charge on any atom is 0.419 e. The van der Waals surface area contributed by atoms with Crippen LogP contribution < -0.4 is 5.32 Å². The van der Waals surface area contributed by atoms with Crippen molar-refractivity contribution in [1.29, 1.82) is 5.26 Å². The summed E-state index contributed by atoms with van der Waals surface area (Å²) in [7, 11) is 0. The Balaban J connectivity index is 0.00000144. The van der Waals surface area contributed by atoms with Gasteiger partial charge in [-0.15, -0.1) is 0 Å². The number of nitrogens with one attached hydrogen (secondary N) is 2. The van der Waals surface area contributed by atoms with Crippen LogP contribution in [0.25, 0.3) is 22.2 Å². The number of imidazole rings is 1. The van der Waals surface area contributed by atoms with Gasteiger partial charge in [0.25, 0.3) is 0 Å². The second-order valence-corrected chi connectivity index (χ2v) is 9.81. The quantitative estimate of drug-likeness (QED) is 0.278. The molecule has 4 aromatic rings. The number of nitrogens with zero attached hydrogens (tertiary/aromatic N) is 2. The van der Waals surface area contributed by atoms with Crippen LogP contribution in [-0.2, 0) is 11.6 Å². The standard InChI is InChI=1S/C28H22F4N4.C2H6/c29-22-14-24-23(13-21(22)28(30,31)32)35-25(36-24)27(16-26(27)8-10-34-11-9-26)20-6-4-18(5-7-20)19-3-1-2-17(12-19)15-33;1-2/h1-7,12-14,34H,8-11,16H2,(H,35,36);1-2H3. The molecule has 1 saturated heterocycles. The summed E-state index contributed by atoms with van der Waals surface area (Å²) in [5, 5.41) is 12.6. The van der Waals surface area contributed by atoms with Gasteiger partial charge in [-0.2, -0.15) is 18.4 Å². The van der Waals surface area contributed by atoms with E-state index in [1.165, 1.54) is 0 Å². The average Bonchev–Trinajstić information content (AvgIpc) is 3.36. The molecule has 6 rings (SSSR count). The Hall–Kier alpha value is -3.70. The zero-order valence-electron chi connectivity index (χ0n) is 21.2. The summed E-state index contributed by atoms with van der Waals surface area (Å²) in [6.45, 7) is 5.71. The number of halogens is 4. The van der Waals surface area contributed by atoms with Gasteiger partial charge in [0.1, 0.15) is 11.6 Å². The molecule has 38 heavy (non-hydrogen) atoms. The van der Waals surface area contributed by atoms with E-state index in [2.05, 4.69) is 21.4 Å². The van der Waals surface area contributed by atoms with Crippen molar-refractivity contribution in [2.24, 2.45) is 5.41 Å². The largest absolute Gasteiger partial charge is 0.419 e. The summed E-state index contributed by atoms with van der Waals surface area (Å²) in [6.07, 6.45) is -2.13. The number of benzene rings is 3. The third-order valence-electron chi connectivity index (χ3n) is 7.93. The first kappa shape index (κ1) is 25.9. The molecule has 1 aliphatic carbocycles. The normalized spacial score (nSPS) is 20.0. The lowest BCUT2D eigenvalue weighted by Gasteiger charge is -2.29. The first-order valence-electron chi connectivity index (χ1n) is 12.8. The number of hydrogen-bond donors (Lipinski definition) is 2. The van der Waals surface area contributed by atoms with Crippen molar-refractivity contribution in [2.45, 2.75) is 44.7 Å². The lowest BCUT2D eigenvalue weighted by molar-refractivity contribution is -0.139. The minimum atomic E-state index is -4.78. The number of piperidine rings is 1. The third kappa shape index (κ3) is 4.15. The highest BCUT2D eigenvalue weighted by atomic mass is 19.4. The molecule has 196 valence electrons. The van der Waals surface area contributed by atoms with Crippen LogP contribution in [0.5, 0.6) is 0 Å². The number of nitriles is 1. The number of aromatic nitrogens is 2. The molecule has 4 nitrogen and oxygen atoms in total. The fourth-order valence-corrected chi connectivity index (χ4v) is 6.02. The molecule has 1 unspecified atom stereocenters. The van der Waals surface area contributed by atoms with Crippen LogP contribution in [0.1, 0.15) is 55.6 Å². The lowest BCUT2D eigenvalue weighted by Crippen LogP contribution is -2.34. The van der Waals surface area contributed by atoms with E-state index in [0.717, 1.165) is 61.2 Å². The number of H-pyrrole nitrogens is 1. The minimum absolute atomic E-state index is 0.0697. The molecule has 2 fully saturated rings. The van der Waals surface area contributed by atoms with E-state index in [1.54, 1.807) is 6.07 Å². The van der Waals surface area contributed by atoms with Gasteiger partial charge in [-0.05, 0) is 72.7 Å². The minimum Gasteiger partial charge on any atom is -0.341 e. The van der Waals surface area contributed by atoms with E-state index >= 15 is 0 Å². The summed E-state index contributed by atoms with van der Waals surface area (Å²) in [5.41, 5.74) is 2.02. The maximum atomic E-state index is 14.3. The molecular weight excluding hydrogens is 492 g/mol. The Bertz CT molecular complexity index is 1510. The Kier molecular flexibility index (Phi) is 6.52. The molecule has 0 amide bonds. The molecule has 8 heteroatoms. The Morgan fingerprint density at radius 2 is 1.66 bits per heavy atom. The fourth-order valence-electron chi connectivity index (χ4n) is 6.02. The van der Waals surface area contributed by atoms with Crippen molar-refractivity contribution in [3.8, 4) is 17.2 Å². The predicted molar refractivity (Wildman–Crippen MR) is 139 cm³/mol. The van der Waals surface area contributed by atoms with Gasteiger partial charge in [-0.1, -0.05) is 50.2 Å². The van der Waals surface area contributed by atoms with Crippen LogP contribution in [0.4, 0.5) is 17.6 Å². The molecule has 1 atom stereocenters. The third-order valence-corrected chi connectivity index (χ3v) is 7.93. The van der Waals surface area contributed by atoms with E-state index < -0.39 is 23.0 Å². The van der Waals surface area contributed by atoms with Crippen molar-refractivity contribution in [3.05, 3.63) is 89.0 Å². The molecule has 1 aromatic heterocycles. The molecule has 1 saturated carbocycles. The van der Waals surface area contributed by atoms with Crippen LogP contribution in [0.15, 0.2) is 60.7 Å². The summed E-state index contributed by atoms with van der Waals surface area (Å²) < 4.78 is 54.2. The van der Waals surface area contributed by atoms with Gasteiger partial charge in [0.2, 0.25) is 0 Å². The van der Waals surface area contributed by atoms with Crippen molar-refractivity contribution in [1.82, 2.24) is 15.3 Å². The van der Waals surface area contributed by atoms with Gasteiger partial charge >= 0.3 is 6.18 Å². The maximum absolute atomic E-state index is 14.3. The van der Waals surface area contributed by atoms with Gasteiger partial charge in [0.15, 0.2) is 0 Å².